The number of hydrogen-bond acceptors (Lipinski definition) is 2. The fraction of sp³-hybridized carbons (Fsp3) is 0.211. The average Bonchev–Trinajstić information content (AvgIpc) is 3.02. The van der Waals surface area contributed by atoms with Crippen molar-refractivity contribution < 1.29 is 13.9 Å². The highest BCUT2D eigenvalue weighted by Gasteiger charge is 2.06. The average molecular weight is 358 g/mol. The Labute approximate surface area is 149 Å². The standard InChI is InChI=1S/C19H20F2N4O/c1-22-19(25-10-12-2-5-18(26)16(21)8-12)23-7-6-13-11-24-17-9-14(20)3-4-15(13)17/h2-5,8-9,11,24,26H,6-7,10H2,1H3,(H2,22,23,25). The summed E-state index contributed by atoms with van der Waals surface area (Å²) < 4.78 is 26.6. The molecule has 0 aliphatic rings. The summed E-state index contributed by atoms with van der Waals surface area (Å²) in [7, 11) is 1.65. The number of fused-ring (bicyclic) bond motifs is 1. The number of rotatable bonds is 5. The van der Waals surface area contributed by atoms with Gasteiger partial charge >= 0.3 is 0 Å². The van der Waals surface area contributed by atoms with Gasteiger partial charge in [-0.2, -0.15) is 0 Å². The molecule has 0 bridgehead atoms. The highest BCUT2D eigenvalue weighted by atomic mass is 19.1. The van der Waals surface area contributed by atoms with Crippen LogP contribution in [0.5, 0.6) is 5.75 Å². The van der Waals surface area contributed by atoms with Crippen molar-refractivity contribution in [2.45, 2.75) is 13.0 Å². The molecule has 5 nitrogen and oxygen atoms in total. The van der Waals surface area contributed by atoms with Gasteiger partial charge in [0.25, 0.3) is 0 Å². The van der Waals surface area contributed by atoms with Crippen LogP contribution < -0.4 is 10.6 Å². The van der Waals surface area contributed by atoms with E-state index in [0.717, 1.165) is 22.9 Å². The van der Waals surface area contributed by atoms with E-state index in [1.54, 1.807) is 19.2 Å². The number of benzene rings is 2. The number of aromatic amines is 1. The van der Waals surface area contributed by atoms with Gasteiger partial charge in [0, 0.05) is 37.2 Å². The van der Waals surface area contributed by atoms with Crippen LogP contribution in [0.2, 0.25) is 0 Å². The maximum atomic E-state index is 13.3. The van der Waals surface area contributed by atoms with Crippen molar-refractivity contribution >= 4 is 16.9 Å². The van der Waals surface area contributed by atoms with E-state index in [0.29, 0.717) is 24.6 Å². The number of phenolic OH excluding ortho intramolecular Hbond substituents is 1. The number of hydrogen-bond donors (Lipinski definition) is 4. The first-order valence-corrected chi connectivity index (χ1v) is 8.24. The molecule has 4 N–H and O–H groups in total. The van der Waals surface area contributed by atoms with Gasteiger partial charge in [-0.25, -0.2) is 8.78 Å². The quantitative estimate of drug-likeness (QED) is 0.418. The first-order chi connectivity index (χ1) is 12.6. The second-order valence-electron chi connectivity index (χ2n) is 5.89. The van der Waals surface area contributed by atoms with Crippen molar-refractivity contribution in [3.8, 4) is 5.75 Å². The molecule has 0 saturated heterocycles. The first-order valence-electron chi connectivity index (χ1n) is 8.24. The zero-order valence-electron chi connectivity index (χ0n) is 14.3. The molecule has 0 aliphatic heterocycles. The Kier molecular flexibility index (Phi) is 5.36. The van der Waals surface area contributed by atoms with Crippen LogP contribution in [-0.2, 0) is 13.0 Å². The summed E-state index contributed by atoms with van der Waals surface area (Å²) in [5.41, 5.74) is 2.56. The van der Waals surface area contributed by atoms with Crippen molar-refractivity contribution in [2.75, 3.05) is 13.6 Å². The Morgan fingerprint density at radius 1 is 1.15 bits per heavy atom. The molecule has 136 valence electrons. The summed E-state index contributed by atoms with van der Waals surface area (Å²) in [5.74, 6) is -0.693. The van der Waals surface area contributed by atoms with Crippen LogP contribution in [0, 0.1) is 11.6 Å². The zero-order chi connectivity index (χ0) is 18.5. The van der Waals surface area contributed by atoms with E-state index >= 15 is 0 Å². The van der Waals surface area contributed by atoms with Crippen LogP contribution in [0.1, 0.15) is 11.1 Å². The highest BCUT2D eigenvalue weighted by molar-refractivity contribution is 5.83. The number of aromatic hydroxyl groups is 1. The summed E-state index contributed by atoms with van der Waals surface area (Å²) in [6.45, 7) is 1.01. The lowest BCUT2D eigenvalue weighted by Gasteiger charge is -2.12. The van der Waals surface area contributed by atoms with Crippen molar-refractivity contribution in [1.82, 2.24) is 15.6 Å². The summed E-state index contributed by atoms with van der Waals surface area (Å²) >= 11 is 0. The van der Waals surface area contributed by atoms with Crippen LogP contribution >= 0.6 is 0 Å². The second kappa shape index (κ2) is 7.86. The summed E-state index contributed by atoms with van der Waals surface area (Å²) in [5, 5.41) is 16.5. The lowest BCUT2D eigenvalue weighted by molar-refractivity contribution is 0.431. The molecule has 0 amide bonds. The SMILES string of the molecule is CN=C(NCCc1c[nH]c2cc(F)ccc12)NCc1ccc(O)c(F)c1. The van der Waals surface area contributed by atoms with Crippen LogP contribution in [-0.4, -0.2) is 29.6 Å². The maximum Gasteiger partial charge on any atom is 0.191 e. The molecule has 3 aromatic rings. The number of H-pyrrole nitrogens is 1. The Morgan fingerprint density at radius 3 is 2.77 bits per heavy atom. The largest absolute Gasteiger partial charge is 0.505 e. The number of phenols is 1. The van der Waals surface area contributed by atoms with E-state index in [1.165, 1.54) is 24.3 Å². The summed E-state index contributed by atoms with van der Waals surface area (Å²) in [6, 6.07) is 8.93. The Morgan fingerprint density at radius 2 is 2.00 bits per heavy atom. The van der Waals surface area contributed by atoms with E-state index in [1.807, 2.05) is 6.20 Å². The topological polar surface area (TPSA) is 72.4 Å². The Hall–Kier alpha value is -3.09. The van der Waals surface area contributed by atoms with Crippen molar-refractivity contribution in [3.05, 3.63) is 65.4 Å². The zero-order valence-corrected chi connectivity index (χ0v) is 14.3. The number of aromatic nitrogens is 1. The van der Waals surface area contributed by atoms with Gasteiger partial charge in [0.1, 0.15) is 5.82 Å². The van der Waals surface area contributed by atoms with Crippen molar-refractivity contribution in [3.63, 3.8) is 0 Å². The predicted molar refractivity (Wildman–Crippen MR) is 98.2 cm³/mol. The molecule has 0 spiro atoms. The predicted octanol–water partition coefficient (Wildman–Crippen LogP) is 3.06. The molecule has 0 fully saturated rings. The lowest BCUT2D eigenvalue weighted by atomic mass is 10.1. The molecule has 0 unspecified atom stereocenters. The van der Waals surface area contributed by atoms with E-state index in [4.69, 9.17) is 0 Å². The third kappa shape index (κ3) is 4.11. The Bertz CT molecular complexity index is 936. The summed E-state index contributed by atoms with van der Waals surface area (Å²) in [6.07, 6.45) is 2.61. The molecular formula is C19H20F2N4O. The number of aliphatic imine (C=N–C) groups is 1. The van der Waals surface area contributed by atoms with E-state index in [2.05, 4.69) is 20.6 Å². The minimum Gasteiger partial charge on any atom is -0.505 e. The molecule has 1 aromatic heterocycles. The molecule has 3 rings (SSSR count). The second-order valence-corrected chi connectivity index (χ2v) is 5.89. The van der Waals surface area contributed by atoms with Crippen molar-refractivity contribution in [2.24, 2.45) is 4.99 Å². The molecule has 26 heavy (non-hydrogen) atoms. The van der Waals surface area contributed by atoms with E-state index in [-0.39, 0.29) is 11.6 Å². The molecule has 0 saturated carbocycles. The highest BCUT2D eigenvalue weighted by Crippen LogP contribution is 2.19. The third-order valence-corrected chi connectivity index (χ3v) is 4.11. The van der Waals surface area contributed by atoms with Crippen LogP contribution in [0.4, 0.5) is 8.78 Å². The van der Waals surface area contributed by atoms with Gasteiger partial charge in [-0.1, -0.05) is 6.07 Å². The lowest BCUT2D eigenvalue weighted by Crippen LogP contribution is -2.37. The fourth-order valence-electron chi connectivity index (χ4n) is 2.75. The monoisotopic (exact) mass is 358 g/mol. The van der Waals surface area contributed by atoms with Gasteiger partial charge in [0.2, 0.25) is 0 Å². The number of nitrogens with one attached hydrogen (secondary N) is 3. The van der Waals surface area contributed by atoms with Gasteiger partial charge in [0.15, 0.2) is 17.5 Å². The van der Waals surface area contributed by atoms with Gasteiger partial charge in [-0.3, -0.25) is 4.99 Å². The third-order valence-electron chi connectivity index (χ3n) is 4.11. The van der Waals surface area contributed by atoms with Gasteiger partial charge < -0.3 is 20.7 Å². The molecule has 2 aromatic carbocycles. The van der Waals surface area contributed by atoms with E-state index < -0.39 is 5.82 Å². The normalized spacial score (nSPS) is 11.7. The minimum absolute atomic E-state index is 0.265. The molecular weight excluding hydrogens is 338 g/mol. The van der Waals surface area contributed by atoms with Gasteiger partial charge in [0.05, 0.1) is 0 Å². The van der Waals surface area contributed by atoms with Gasteiger partial charge in [-0.05, 0) is 47.9 Å². The molecule has 0 aliphatic carbocycles. The van der Waals surface area contributed by atoms with Crippen molar-refractivity contribution in [1.29, 1.82) is 0 Å². The Balaban J connectivity index is 1.53. The molecule has 0 atom stereocenters. The molecule has 7 heteroatoms. The van der Waals surface area contributed by atoms with Crippen LogP contribution in [0.25, 0.3) is 10.9 Å². The fourth-order valence-corrected chi connectivity index (χ4v) is 2.75. The van der Waals surface area contributed by atoms with E-state index in [9.17, 15) is 13.9 Å². The number of nitrogens with zero attached hydrogens (tertiary/aromatic N) is 1. The first kappa shape index (κ1) is 17.7. The van der Waals surface area contributed by atoms with Gasteiger partial charge in [-0.15, -0.1) is 0 Å². The molecule has 1 heterocycles. The number of halogens is 2. The smallest absolute Gasteiger partial charge is 0.191 e. The summed E-state index contributed by atoms with van der Waals surface area (Å²) in [4.78, 5) is 7.20. The van der Waals surface area contributed by atoms with Crippen LogP contribution in [0.15, 0.2) is 47.6 Å². The maximum absolute atomic E-state index is 13.3. The minimum atomic E-state index is -0.650. The van der Waals surface area contributed by atoms with Crippen LogP contribution in [0.3, 0.4) is 0 Å². The molecule has 0 radical (unpaired) electrons. The number of guanidine groups is 1.